The molecule has 0 saturated carbocycles. The average Bonchev–Trinajstić information content (AvgIpc) is 3.22. The minimum Gasteiger partial charge on any atom is -0.321 e. The summed E-state index contributed by atoms with van der Waals surface area (Å²) in [5.41, 5.74) is 2.47. The lowest BCUT2D eigenvalue weighted by Gasteiger charge is -2.23. The van der Waals surface area contributed by atoms with E-state index in [0.29, 0.717) is 11.6 Å². The SMILES string of the molecule is O=C(Nc1ccc([C@@H]2CCc3nncn3C2)cc1)c1nccc2ccccc12. The van der Waals surface area contributed by atoms with E-state index in [1.165, 1.54) is 5.56 Å². The van der Waals surface area contributed by atoms with Crippen molar-refractivity contribution in [1.82, 2.24) is 19.7 Å². The zero-order valence-corrected chi connectivity index (χ0v) is 15.2. The van der Waals surface area contributed by atoms with Crippen LogP contribution in [-0.2, 0) is 13.0 Å². The summed E-state index contributed by atoms with van der Waals surface area (Å²) in [5, 5.41) is 13.0. The number of hydrogen-bond acceptors (Lipinski definition) is 4. The van der Waals surface area contributed by atoms with Gasteiger partial charge < -0.3 is 9.88 Å². The number of carbonyl (C=O) groups is 1. The number of rotatable bonds is 3. The summed E-state index contributed by atoms with van der Waals surface area (Å²) >= 11 is 0. The number of fused-ring (bicyclic) bond motifs is 2. The lowest BCUT2D eigenvalue weighted by molar-refractivity contribution is 0.102. The number of anilines is 1. The standard InChI is InChI=1S/C22H19N5O/c28-22(21-19-4-2-1-3-16(19)11-12-23-21)25-18-8-5-15(6-9-18)17-7-10-20-26-24-14-27(20)13-17/h1-6,8-9,11-12,14,17H,7,10,13H2,(H,25,28)/t17-/m1/s1. The minimum atomic E-state index is -0.198. The Hall–Kier alpha value is -3.54. The number of benzene rings is 2. The van der Waals surface area contributed by atoms with Gasteiger partial charge in [-0.15, -0.1) is 10.2 Å². The van der Waals surface area contributed by atoms with Gasteiger partial charge >= 0.3 is 0 Å². The molecule has 0 aliphatic carbocycles. The van der Waals surface area contributed by atoms with Crippen LogP contribution in [0.1, 0.15) is 34.2 Å². The summed E-state index contributed by atoms with van der Waals surface area (Å²) in [6, 6.07) is 17.8. The van der Waals surface area contributed by atoms with Gasteiger partial charge in [-0.3, -0.25) is 9.78 Å². The molecule has 1 aliphatic heterocycles. The van der Waals surface area contributed by atoms with Gasteiger partial charge in [0.25, 0.3) is 5.91 Å². The number of amides is 1. The second-order valence-corrected chi connectivity index (χ2v) is 7.09. The molecule has 1 N–H and O–H groups in total. The third-order valence-electron chi connectivity index (χ3n) is 5.36. The van der Waals surface area contributed by atoms with E-state index in [4.69, 9.17) is 0 Å². The second-order valence-electron chi connectivity index (χ2n) is 7.09. The minimum absolute atomic E-state index is 0.198. The Morgan fingerprint density at radius 2 is 1.93 bits per heavy atom. The Bertz CT molecular complexity index is 1140. The van der Waals surface area contributed by atoms with E-state index in [1.54, 1.807) is 12.5 Å². The van der Waals surface area contributed by atoms with Crippen molar-refractivity contribution >= 4 is 22.4 Å². The van der Waals surface area contributed by atoms with E-state index in [0.717, 1.165) is 41.7 Å². The van der Waals surface area contributed by atoms with E-state index in [9.17, 15) is 4.79 Å². The fourth-order valence-corrected chi connectivity index (χ4v) is 3.86. The second kappa shape index (κ2) is 6.88. The summed E-state index contributed by atoms with van der Waals surface area (Å²) in [7, 11) is 0. The largest absolute Gasteiger partial charge is 0.321 e. The first-order valence-corrected chi connectivity index (χ1v) is 9.40. The molecular formula is C22H19N5O. The van der Waals surface area contributed by atoms with Gasteiger partial charge in [-0.05, 0) is 35.6 Å². The predicted octanol–water partition coefficient (Wildman–Crippen LogP) is 3.81. The van der Waals surface area contributed by atoms with Crippen LogP contribution >= 0.6 is 0 Å². The van der Waals surface area contributed by atoms with Gasteiger partial charge in [0.2, 0.25) is 0 Å². The van der Waals surface area contributed by atoms with Gasteiger partial charge in [0.1, 0.15) is 17.8 Å². The molecule has 5 rings (SSSR count). The molecule has 1 aliphatic rings. The van der Waals surface area contributed by atoms with Crippen LogP contribution in [0.15, 0.2) is 67.1 Å². The molecule has 1 atom stereocenters. The number of aryl methyl sites for hydroxylation is 1. The van der Waals surface area contributed by atoms with Gasteiger partial charge in [0, 0.05) is 36.2 Å². The van der Waals surface area contributed by atoms with Gasteiger partial charge in [-0.25, -0.2) is 0 Å². The van der Waals surface area contributed by atoms with Gasteiger partial charge in [0.15, 0.2) is 0 Å². The molecule has 6 heteroatoms. The van der Waals surface area contributed by atoms with Crippen LogP contribution in [0, 0.1) is 0 Å². The van der Waals surface area contributed by atoms with Gasteiger partial charge in [0.05, 0.1) is 0 Å². The van der Waals surface area contributed by atoms with Crippen LogP contribution < -0.4 is 5.32 Å². The highest BCUT2D eigenvalue weighted by Crippen LogP contribution is 2.28. The molecule has 0 bridgehead atoms. The molecule has 2 aromatic carbocycles. The summed E-state index contributed by atoms with van der Waals surface area (Å²) in [5.74, 6) is 1.30. The van der Waals surface area contributed by atoms with E-state index in [2.05, 4.69) is 37.2 Å². The van der Waals surface area contributed by atoms with Crippen LogP contribution in [0.25, 0.3) is 10.8 Å². The van der Waals surface area contributed by atoms with Crippen molar-refractivity contribution in [3.63, 3.8) is 0 Å². The lowest BCUT2D eigenvalue weighted by Crippen LogP contribution is -2.18. The van der Waals surface area contributed by atoms with Crippen molar-refractivity contribution in [3.8, 4) is 0 Å². The molecule has 6 nitrogen and oxygen atoms in total. The molecule has 2 aromatic heterocycles. The lowest BCUT2D eigenvalue weighted by atomic mass is 9.91. The maximum absolute atomic E-state index is 12.7. The Labute approximate surface area is 162 Å². The summed E-state index contributed by atoms with van der Waals surface area (Å²) in [4.78, 5) is 17.0. The average molecular weight is 369 g/mol. The first-order chi connectivity index (χ1) is 13.8. The maximum atomic E-state index is 12.7. The Morgan fingerprint density at radius 1 is 1.07 bits per heavy atom. The molecule has 4 aromatic rings. The first-order valence-electron chi connectivity index (χ1n) is 9.40. The first kappa shape index (κ1) is 16.6. The molecule has 28 heavy (non-hydrogen) atoms. The molecule has 0 spiro atoms. The molecule has 1 amide bonds. The highest BCUT2D eigenvalue weighted by atomic mass is 16.1. The van der Waals surface area contributed by atoms with E-state index < -0.39 is 0 Å². The van der Waals surface area contributed by atoms with Crippen LogP contribution in [0.3, 0.4) is 0 Å². The van der Waals surface area contributed by atoms with E-state index in [1.807, 2.05) is 42.5 Å². The van der Waals surface area contributed by atoms with Crippen molar-refractivity contribution in [2.24, 2.45) is 0 Å². The molecule has 0 fully saturated rings. The molecule has 0 unspecified atom stereocenters. The van der Waals surface area contributed by atoms with Crippen molar-refractivity contribution in [2.75, 3.05) is 5.32 Å². The number of carbonyl (C=O) groups excluding carboxylic acids is 1. The number of nitrogens with one attached hydrogen (secondary N) is 1. The van der Waals surface area contributed by atoms with Crippen LogP contribution in [0.4, 0.5) is 5.69 Å². The Morgan fingerprint density at radius 3 is 2.82 bits per heavy atom. The van der Waals surface area contributed by atoms with Gasteiger partial charge in [-0.2, -0.15) is 0 Å². The fourth-order valence-electron chi connectivity index (χ4n) is 3.86. The third kappa shape index (κ3) is 3.03. The maximum Gasteiger partial charge on any atom is 0.274 e. The van der Waals surface area contributed by atoms with Crippen molar-refractivity contribution < 1.29 is 4.79 Å². The monoisotopic (exact) mass is 369 g/mol. The molecular weight excluding hydrogens is 350 g/mol. The molecule has 0 saturated heterocycles. The Kier molecular flexibility index (Phi) is 4.09. The predicted molar refractivity (Wildman–Crippen MR) is 107 cm³/mol. The smallest absolute Gasteiger partial charge is 0.274 e. The van der Waals surface area contributed by atoms with Crippen LogP contribution in [-0.4, -0.2) is 25.7 Å². The Balaban J connectivity index is 1.33. The van der Waals surface area contributed by atoms with Crippen molar-refractivity contribution in [1.29, 1.82) is 0 Å². The third-order valence-corrected chi connectivity index (χ3v) is 5.36. The summed E-state index contributed by atoms with van der Waals surface area (Å²) in [6.45, 7) is 0.897. The quantitative estimate of drug-likeness (QED) is 0.596. The number of nitrogens with zero attached hydrogens (tertiary/aromatic N) is 4. The van der Waals surface area contributed by atoms with E-state index in [-0.39, 0.29) is 5.91 Å². The van der Waals surface area contributed by atoms with Crippen LogP contribution in [0.5, 0.6) is 0 Å². The number of pyridine rings is 1. The fraction of sp³-hybridized carbons (Fsp3) is 0.182. The van der Waals surface area contributed by atoms with E-state index >= 15 is 0 Å². The molecule has 0 radical (unpaired) electrons. The topological polar surface area (TPSA) is 72.7 Å². The normalized spacial score (nSPS) is 15.9. The number of hydrogen-bond donors (Lipinski definition) is 1. The molecule has 138 valence electrons. The number of aromatic nitrogens is 4. The van der Waals surface area contributed by atoms with Crippen molar-refractivity contribution in [3.05, 3.63) is 84.2 Å². The summed E-state index contributed by atoms with van der Waals surface area (Å²) in [6.07, 6.45) is 5.47. The summed E-state index contributed by atoms with van der Waals surface area (Å²) < 4.78 is 2.12. The van der Waals surface area contributed by atoms with Gasteiger partial charge in [-0.1, -0.05) is 36.4 Å². The zero-order valence-electron chi connectivity index (χ0n) is 15.2. The van der Waals surface area contributed by atoms with Crippen molar-refractivity contribution in [2.45, 2.75) is 25.3 Å². The highest BCUT2D eigenvalue weighted by Gasteiger charge is 2.21. The molecule has 3 heterocycles. The van der Waals surface area contributed by atoms with Crippen LogP contribution in [0.2, 0.25) is 0 Å². The highest BCUT2D eigenvalue weighted by molar-refractivity contribution is 6.11. The zero-order chi connectivity index (χ0) is 18.9.